The molecule has 8 heteroatoms. The lowest BCUT2D eigenvalue weighted by Crippen LogP contribution is -2.38. The molecule has 1 fully saturated rings. The van der Waals surface area contributed by atoms with Crippen molar-refractivity contribution in [3.63, 3.8) is 0 Å². The summed E-state index contributed by atoms with van der Waals surface area (Å²) in [5.41, 5.74) is 1.38. The van der Waals surface area contributed by atoms with Gasteiger partial charge in [-0.3, -0.25) is 4.79 Å². The Labute approximate surface area is 192 Å². The van der Waals surface area contributed by atoms with Crippen molar-refractivity contribution in [1.82, 2.24) is 4.90 Å². The summed E-state index contributed by atoms with van der Waals surface area (Å²) in [6.07, 6.45) is 1.36. The largest absolute Gasteiger partial charge is 0.418 e. The highest BCUT2D eigenvalue weighted by Gasteiger charge is 2.34. The third-order valence-corrected chi connectivity index (χ3v) is 6.30. The SMILES string of the molecule is CC1CCCCN1CCCNc1ccc(N/C=C2\C(=O)Nc3ccccc32)cc1C(F)(F)F. The van der Waals surface area contributed by atoms with Crippen molar-refractivity contribution < 1.29 is 18.0 Å². The number of rotatable bonds is 7. The van der Waals surface area contributed by atoms with Crippen LogP contribution >= 0.6 is 0 Å². The van der Waals surface area contributed by atoms with Gasteiger partial charge in [-0.1, -0.05) is 24.6 Å². The number of hydrogen-bond donors (Lipinski definition) is 3. The molecule has 0 aromatic heterocycles. The first kappa shape index (κ1) is 23.2. The van der Waals surface area contributed by atoms with Crippen LogP contribution in [0.15, 0.2) is 48.7 Å². The molecular weight excluding hydrogens is 429 g/mol. The normalized spacial score (nSPS) is 19.9. The molecule has 2 heterocycles. The topological polar surface area (TPSA) is 56.4 Å². The lowest BCUT2D eigenvalue weighted by atomic mass is 10.0. The molecule has 0 saturated carbocycles. The minimum Gasteiger partial charge on any atom is -0.385 e. The first-order valence-electron chi connectivity index (χ1n) is 11.4. The number of benzene rings is 2. The van der Waals surface area contributed by atoms with Gasteiger partial charge < -0.3 is 20.9 Å². The number of fused-ring (bicyclic) bond motifs is 1. The Balaban J connectivity index is 1.42. The van der Waals surface area contributed by atoms with Crippen LogP contribution < -0.4 is 16.0 Å². The number of piperidine rings is 1. The molecule has 2 aromatic rings. The summed E-state index contributed by atoms with van der Waals surface area (Å²) in [5.74, 6) is -0.291. The molecule has 0 aliphatic carbocycles. The molecule has 2 aromatic carbocycles. The zero-order valence-corrected chi connectivity index (χ0v) is 18.6. The van der Waals surface area contributed by atoms with Crippen molar-refractivity contribution in [1.29, 1.82) is 0 Å². The fraction of sp³-hybridized carbons (Fsp3) is 0.400. The molecule has 1 amide bonds. The van der Waals surface area contributed by atoms with E-state index < -0.39 is 11.7 Å². The van der Waals surface area contributed by atoms with Crippen LogP contribution in [0.5, 0.6) is 0 Å². The molecule has 2 aliphatic heterocycles. The Morgan fingerprint density at radius 1 is 1.18 bits per heavy atom. The van der Waals surface area contributed by atoms with Gasteiger partial charge in [-0.25, -0.2) is 0 Å². The van der Waals surface area contributed by atoms with Gasteiger partial charge in [0.15, 0.2) is 0 Å². The van der Waals surface area contributed by atoms with Gasteiger partial charge in [0.2, 0.25) is 0 Å². The van der Waals surface area contributed by atoms with Crippen LogP contribution in [0, 0.1) is 0 Å². The standard InChI is InChI=1S/C25H29F3N4O/c1-17-7-4-5-13-32(17)14-6-12-29-23-11-10-18(15-21(23)25(26,27)28)30-16-20-19-8-2-3-9-22(19)31-24(20)33/h2-3,8-11,15-17,29-30H,4-7,12-14H2,1H3,(H,31,33)/b20-16-. The second-order valence-corrected chi connectivity index (χ2v) is 8.62. The third kappa shape index (κ3) is 5.50. The highest BCUT2D eigenvalue weighted by Crippen LogP contribution is 2.37. The van der Waals surface area contributed by atoms with E-state index in [0.29, 0.717) is 29.4 Å². The number of halogens is 3. The molecule has 4 rings (SSSR count). The first-order valence-corrected chi connectivity index (χ1v) is 11.4. The molecule has 0 spiro atoms. The van der Waals surface area contributed by atoms with Crippen molar-refractivity contribution in [2.75, 3.05) is 35.6 Å². The zero-order chi connectivity index (χ0) is 23.4. The van der Waals surface area contributed by atoms with E-state index in [1.807, 2.05) is 6.07 Å². The van der Waals surface area contributed by atoms with Crippen LogP contribution in [0.25, 0.3) is 5.57 Å². The fourth-order valence-electron chi connectivity index (χ4n) is 4.46. The molecule has 2 aliphatic rings. The Hall–Kier alpha value is -3.00. The van der Waals surface area contributed by atoms with Crippen molar-refractivity contribution >= 4 is 28.5 Å². The number of likely N-dealkylation sites (tertiary alicyclic amines) is 1. The molecule has 176 valence electrons. The highest BCUT2D eigenvalue weighted by atomic mass is 19.4. The van der Waals surface area contributed by atoms with Gasteiger partial charge in [-0.15, -0.1) is 0 Å². The van der Waals surface area contributed by atoms with Crippen molar-refractivity contribution in [3.8, 4) is 0 Å². The van der Waals surface area contributed by atoms with Gasteiger partial charge in [0.25, 0.3) is 5.91 Å². The van der Waals surface area contributed by atoms with E-state index in [4.69, 9.17) is 0 Å². The van der Waals surface area contributed by atoms with Crippen LogP contribution in [-0.4, -0.2) is 36.5 Å². The predicted octanol–water partition coefficient (Wildman–Crippen LogP) is 5.79. The molecule has 1 atom stereocenters. The minimum absolute atomic E-state index is 0.0661. The van der Waals surface area contributed by atoms with Gasteiger partial charge in [0.1, 0.15) is 0 Å². The fourth-order valence-corrected chi connectivity index (χ4v) is 4.46. The van der Waals surface area contributed by atoms with Crippen molar-refractivity contribution in [2.24, 2.45) is 0 Å². The molecule has 1 saturated heterocycles. The predicted molar refractivity (Wildman–Crippen MR) is 126 cm³/mol. The molecule has 1 unspecified atom stereocenters. The van der Waals surface area contributed by atoms with Crippen LogP contribution in [0.1, 0.15) is 43.7 Å². The van der Waals surface area contributed by atoms with Crippen LogP contribution in [0.3, 0.4) is 0 Å². The molecule has 33 heavy (non-hydrogen) atoms. The number of carbonyl (C=O) groups is 1. The average molecular weight is 459 g/mol. The van der Waals surface area contributed by atoms with E-state index in [0.717, 1.165) is 25.6 Å². The molecule has 0 radical (unpaired) electrons. The number of alkyl halides is 3. The summed E-state index contributed by atoms with van der Waals surface area (Å²) >= 11 is 0. The number of nitrogens with zero attached hydrogens (tertiary/aromatic N) is 1. The number of anilines is 3. The van der Waals surface area contributed by atoms with Gasteiger partial charge >= 0.3 is 6.18 Å². The molecule has 5 nitrogen and oxygen atoms in total. The summed E-state index contributed by atoms with van der Waals surface area (Å²) in [7, 11) is 0. The van der Waals surface area contributed by atoms with Crippen molar-refractivity contribution in [3.05, 3.63) is 59.8 Å². The zero-order valence-electron chi connectivity index (χ0n) is 18.6. The molecule has 0 bridgehead atoms. The van der Waals surface area contributed by atoms with Crippen LogP contribution in [0.2, 0.25) is 0 Å². The quantitative estimate of drug-likeness (QED) is 0.363. The Kier molecular flexibility index (Phi) is 6.93. The Morgan fingerprint density at radius 3 is 2.79 bits per heavy atom. The summed E-state index contributed by atoms with van der Waals surface area (Å²) < 4.78 is 41.2. The van der Waals surface area contributed by atoms with Gasteiger partial charge in [0, 0.05) is 48.0 Å². The molecular formula is C25H29F3N4O. The maximum atomic E-state index is 13.7. The van der Waals surface area contributed by atoms with Gasteiger partial charge in [-0.2, -0.15) is 13.2 Å². The van der Waals surface area contributed by atoms with Crippen LogP contribution in [0.4, 0.5) is 30.2 Å². The van der Waals surface area contributed by atoms with E-state index in [-0.39, 0.29) is 17.3 Å². The van der Waals surface area contributed by atoms with E-state index in [2.05, 4.69) is 27.8 Å². The van der Waals surface area contributed by atoms with Gasteiger partial charge in [0.05, 0.1) is 11.1 Å². The maximum absolute atomic E-state index is 13.7. The first-order chi connectivity index (χ1) is 15.8. The minimum atomic E-state index is -4.49. The Morgan fingerprint density at radius 2 is 2.00 bits per heavy atom. The highest BCUT2D eigenvalue weighted by molar-refractivity contribution is 6.31. The number of para-hydroxylation sites is 1. The van der Waals surface area contributed by atoms with Crippen LogP contribution in [-0.2, 0) is 11.0 Å². The number of hydrogen-bond acceptors (Lipinski definition) is 4. The third-order valence-electron chi connectivity index (χ3n) is 6.30. The second-order valence-electron chi connectivity index (χ2n) is 8.62. The summed E-state index contributed by atoms with van der Waals surface area (Å²) in [6, 6.07) is 11.8. The van der Waals surface area contributed by atoms with E-state index in [1.165, 1.54) is 31.5 Å². The number of nitrogens with one attached hydrogen (secondary N) is 3. The van der Waals surface area contributed by atoms with E-state index in [1.54, 1.807) is 24.3 Å². The summed E-state index contributed by atoms with van der Waals surface area (Å²) in [4.78, 5) is 14.6. The lowest BCUT2D eigenvalue weighted by Gasteiger charge is -2.33. The van der Waals surface area contributed by atoms with E-state index in [9.17, 15) is 18.0 Å². The van der Waals surface area contributed by atoms with Gasteiger partial charge in [-0.05, 0) is 57.0 Å². The summed E-state index contributed by atoms with van der Waals surface area (Å²) in [6.45, 7) is 4.63. The molecule has 3 N–H and O–H groups in total. The van der Waals surface area contributed by atoms with Crippen molar-refractivity contribution in [2.45, 2.75) is 44.8 Å². The monoisotopic (exact) mass is 458 g/mol. The number of amides is 1. The van der Waals surface area contributed by atoms with E-state index >= 15 is 0 Å². The lowest BCUT2D eigenvalue weighted by molar-refractivity contribution is -0.136. The number of carbonyl (C=O) groups excluding carboxylic acids is 1. The summed E-state index contributed by atoms with van der Waals surface area (Å²) in [5, 5.41) is 8.56. The maximum Gasteiger partial charge on any atom is 0.418 e. The smallest absolute Gasteiger partial charge is 0.385 e. The second kappa shape index (κ2) is 9.87. The Bertz CT molecular complexity index is 1030. The average Bonchev–Trinajstić information content (AvgIpc) is 3.11.